The maximum atomic E-state index is 12.8. The number of nitrogens with zero attached hydrogens (tertiary/aromatic N) is 1. The van der Waals surface area contributed by atoms with E-state index in [1.54, 1.807) is 13.0 Å². The SMILES string of the molecule is Cc1cc(C(=O)NNC(=S)NC(=O)/C=C/c2ccc(F)cc2)n[nH]1. The molecule has 0 spiro atoms. The molecule has 9 heteroatoms. The van der Waals surface area contributed by atoms with Crippen LogP contribution in [0.25, 0.3) is 6.08 Å². The Hall–Kier alpha value is -3.07. The molecule has 0 aliphatic carbocycles. The summed E-state index contributed by atoms with van der Waals surface area (Å²) >= 11 is 4.88. The van der Waals surface area contributed by atoms with Crippen molar-refractivity contribution in [2.45, 2.75) is 6.92 Å². The van der Waals surface area contributed by atoms with Crippen molar-refractivity contribution in [2.24, 2.45) is 0 Å². The third kappa shape index (κ3) is 5.29. The highest BCUT2D eigenvalue weighted by molar-refractivity contribution is 7.80. The predicted octanol–water partition coefficient (Wildman–Crippen LogP) is 1.21. The van der Waals surface area contributed by atoms with Crippen molar-refractivity contribution in [3.8, 4) is 0 Å². The molecule has 2 amide bonds. The number of aromatic amines is 1. The average Bonchev–Trinajstić information content (AvgIpc) is 2.98. The molecule has 0 atom stereocenters. The van der Waals surface area contributed by atoms with Crippen molar-refractivity contribution in [2.75, 3.05) is 0 Å². The van der Waals surface area contributed by atoms with Crippen molar-refractivity contribution >= 4 is 35.2 Å². The summed E-state index contributed by atoms with van der Waals surface area (Å²) in [6.07, 6.45) is 2.74. The molecule has 124 valence electrons. The van der Waals surface area contributed by atoms with Gasteiger partial charge in [-0.3, -0.25) is 30.9 Å². The van der Waals surface area contributed by atoms with E-state index in [4.69, 9.17) is 12.2 Å². The molecule has 0 saturated heterocycles. The van der Waals surface area contributed by atoms with E-state index < -0.39 is 11.8 Å². The molecule has 1 heterocycles. The lowest BCUT2D eigenvalue weighted by Gasteiger charge is -2.08. The van der Waals surface area contributed by atoms with Crippen LogP contribution >= 0.6 is 12.2 Å². The molecule has 4 N–H and O–H groups in total. The van der Waals surface area contributed by atoms with Crippen LogP contribution in [0.15, 0.2) is 36.4 Å². The Balaban J connectivity index is 1.78. The van der Waals surface area contributed by atoms with E-state index in [0.717, 1.165) is 5.69 Å². The number of nitrogens with one attached hydrogen (secondary N) is 4. The maximum absolute atomic E-state index is 12.8. The molecule has 0 saturated carbocycles. The Morgan fingerprint density at radius 3 is 2.58 bits per heavy atom. The number of carbonyl (C=O) groups is 2. The number of hydrogen-bond donors (Lipinski definition) is 4. The number of aromatic nitrogens is 2. The summed E-state index contributed by atoms with van der Waals surface area (Å²) in [7, 11) is 0. The normalized spacial score (nSPS) is 10.4. The zero-order valence-corrected chi connectivity index (χ0v) is 13.4. The van der Waals surface area contributed by atoms with Crippen molar-refractivity contribution in [3.05, 3.63) is 59.2 Å². The molecule has 0 unspecified atom stereocenters. The van der Waals surface area contributed by atoms with Gasteiger partial charge in [-0.1, -0.05) is 12.1 Å². The molecule has 0 aliphatic heterocycles. The van der Waals surface area contributed by atoms with Crippen LogP contribution in [0.2, 0.25) is 0 Å². The van der Waals surface area contributed by atoms with Crippen LogP contribution in [0, 0.1) is 12.7 Å². The van der Waals surface area contributed by atoms with Gasteiger partial charge in [0.2, 0.25) is 5.91 Å². The van der Waals surface area contributed by atoms with Gasteiger partial charge in [0.1, 0.15) is 5.82 Å². The third-order valence-corrected chi connectivity index (χ3v) is 2.97. The number of carbonyl (C=O) groups excluding carboxylic acids is 2. The number of H-pyrrole nitrogens is 1. The second-order valence-corrected chi connectivity index (χ2v) is 5.13. The largest absolute Gasteiger partial charge is 0.298 e. The lowest BCUT2D eigenvalue weighted by atomic mass is 10.2. The van der Waals surface area contributed by atoms with Crippen molar-refractivity contribution in [1.82, 2.24) is 26.4 Å². The van der Waals surface area contributed by atoms with Crippen LogP contribution in [0.4, 0.5) is 4.39 Å². The van der Waals surface area contributed by atoms with Gasteiger partial charge in [-0.05, 0) is 49.0 Å². The lowest BCUT2D eigenvalue weighted by molar-refractivity contribution is -0.115. The quantitative estimate of drug-likeness (QED) is 0.380. The van der Waals surface area contributed by atoms with Crippen molar-refractivity contribution in [1.29, 1.82) is 0 Å². The summed E-state index contributed by atoms with van der Waals surface area (Å²) in [5.41, 5.74) is 6.28. The minimum absolute atomic E-state index is 0.0793. The lowest BCUT2D eigenvalue weighted by Crippen LogP contribution is -2.48. The van der Waals surface area contributed by atoms with Crippen LogP contribution < -0.4 is 16.2 Å². The summed E-state index contributed by atoms with van der Waals surface area (Å²) in [4.78, 5) is 23.4. The molecule has 1 aromatic carbocycles. The van der Waals surface area contributed by atoms with Gasteiger partial charge in [0.15, 0.2) is 10.8 Å². The number of benzene rings is 1. The Bertz CT molecular complexity index is 785. The molecular weight excluding hydrogens is 333 g/mol. The molecule has 0 bridgehead atoms. The minimum Gasteiger partial charge on any atom is -0.298 e. The Labute approximate surface area is 142 Å². The smallest absolute Gasteiger partial charge is 0.290 e. The Morgan fingerprint density at radius 2 is 1.96 bits per heavy atom. The first kappa shape index (κ1) is 17.3. The first-order chi connectivity index (χ1) is 11.4. The Morgan fingerprint density at radius 1 is 1.25 bits per heavy atom. The number of aryl methyl sites for hydroxylation is 1. The summed E-state index contributed by atoms with van der Waals surface area (Å²) < 4.78 is 12.8. The second-order valence-electron chi connectivity index (χ2n) is 4.72. The molecule has 2 aromatic rings. The highest BCUT2D eigenvalue weighted by Crippen LogP contribution is 2.04. The molecule has 7 nitrogen and oxygen atoms in total. The fourth-order valence-electron chi connectivity index (χ4n) is 1.64. The van der Waals surface area contributed by atoms with Gasteiger partial charge in [-0.15, -0.1) is 0 Å². The fraction of sp³-hybridized carbons (Fsp3) is 0.0667. The number of halogens is 1. The number of hydrazine groups is 1. The Kier molecular flexibility index (Phi) is 5.74. The monoisotopic (exact) mass is 347 g/mol. The van der Waals surface area contributed by atoms with E-state index in [2.05, 4.69) is 26.4 Å². The van der Waals surface area contributed by atoms with E-state index in [9.17, 15) is 14.0 Å². The van der Waals surface area contributed by atoms with Gasteiger partial charge in [0.05, 0.1) is 0 Å². The van der Waals surface area contributed by atoms with Crippen LogP contribution in [0.5, 0.6) is 0 Å². The molecule has 0 aliphatic rings. The predicted molar refractivity (Wildman–Crippen MR) is 90.1 cm³/mol. The molecular formula is C15H14FN5O2S. The zero-order chi connectivity index (χ0) is 17.5. The van der Waals surface area contributed by atoms with Crippen molar-refractivity contribution in [3.63, 3.8) is 0 Å². The molecule has 24 heavy (non-hydrogen) atoms. The minimum atomic E-state index is -0.502. The van der Waals surface area contributed by atoms with Crippen LogP contribution in [0.1, 0.15) is 21.7 Å². The number of rotatable bonds is 3. The summed E-state index contributed by atoms with van der Waals surface area (Å²) in [5.74, 6) is -1.36. The van der Waals surface area contributed by atoms with Gasteiger partial charge in [-0.25, -0.2) is 4.39 Å². The maximum Gasteiger partial charge on any atom is 0.290 e. The highest BCUT2D eigenvalue weighted by atomic mass is 32.1. The standard InChI is InChI=1S/C15H14FN5O2S/c1-9-8-12(19-18-9)14(23)20-21-15(24)17-13(22)7-4-10-2-5-11(16)6-3-10/h2-8H,1H3,(H,18,19)(H,20,23)(H2,17,21,22,24)/b7-4+. The van der Waals surface area contributed by atoms with Crippen molar-refractivity contribution < 1.29 is 14.0 Å². The molecule has 1 aromatic heterocycles. The average molecular weight is 347 g/mol. The topological polar surface area (TPSA) is 98.9 Å². The molecule has 2 rings (SSSR count). The van der Waals surface area contributed by atoms with E-state index in [0.29, 0.717) is 5.56 Å². The number of thiocarbonyl (C=S) groups is 1. The first-order valence-corrected chi connectivity index (χ1v) is 7.22. The van der Waals surface area contributed by atoms with Gasteiger partial charge >= 0.3 is 0 Å². The summed E-state index contributed by atoms with van der Waals surface area (Å²) in [6.45, 7) is 1.76. The number of hydrogen-bond acceptors (Lipinski definition) is 4. The highest BCUT2D eigenvalue weighted by Gasteiger charge is 2.09. The van der Waals surface area contributed by atoms with Crippen LogP contribution in [-0.4, -0.2) is 27.1 Å². The van der Waals surface area contributed by atoms with E-state index >= 15 is 0 Å². The van der Waals surface area contributed by atoms with Crippen LogP contribution in [0.3, 0.4) is 0 Å². The van der Waals surface area contributed by atoms with E-state index in [1.807, 2.05) is 0 Å². The van der Waals surface area contributed by atoms with Crippen LogP contribution in [-0.2, 0) is 4.79 Å². The second kappa shape index (κ2) is 7.97. The van der Waals surface area contributed by atoms with E-state index in [1.165, 1.54) is 36.4 Å². The third-order valence-electron chi connectivity index (χ3n) is 2.76. The van der Waals surface area contributed by atoms with Gasteiger partial charge in [0, 0.05) is 11.8 Å². The van der Waals surface area contributed by atoms with E-state index in [-0.39, 0.29) is 16.6 Å². The summed E-state index contributed by atoms with van der Waals surface area (Å²) in [5, 5.41) is 8.68. The fourth-order valence-corrected chi connectivity index (χ4v) is 1.79. The molecule has 0 radical (unpaired) electrons. The summed E-state index contributed by atoms with van der Waals surface area (Å²) in [6, 6.07) is 7.19. The van der Waals surface area contributed by atoms with Gasteiger partial charge in [0.25, 0.3) is 5.91 Å². The van der Waals surface area contributed by atoms with Gasteiger partial charge in [-0.2, -0.15) is 5.10 Å². The first-order valence-electron chi connectivity index (χ1n) is 6.81. The zero-order valence-electron chi connectivity index (χ0n) is 12.6. The number of amides is 2. The van der Waals surface area contributed by atoms with Gasteiger partial charge < -0.3 is 0 Å². The molecule has 0 fully saturated rings.